The summed E-state index contributed by atoms with van der Waals surface area (Å²) in [6.45, 7) is -1.20. The van der Waals surface area contributed by atoms with Gasteiger partial charge in [0.15, 0.2) is 0 Å². The van der Waals surface area contributed by atoms with Gasteiger partial charge in [0.1, 0.15) is 59.7 Å². The highest BCUT2D eigenvalue weighted by molar-refractivity contribution is 8.00. The summed E-state index contributed by atoms with van der Waals surface area (Å²) < 4.78 is 10.5. The van der Waals surface area contributed by atoms with Gasteiger partial charge in [0.05, 0.1) is 13.2 Å². The Labute approximate surface area is 135 Å². The van der Waals surface area contributed by atoms with E-state index in [1.54, 1.807) is 0 Å². The van der Waals surface area contributed by atoms with E-state index in [2.05, 4.69) is 0 Å². The molecule has 2 fully saturated rings. The van der Waals surface area contributed by atoms with E-state index in [-0.39, 0.29) is 0 Å². The van der Waals surface area contributed by atoms with E-state index in [1.165, 1.54) is 0 Å². The number of rotatable bonds is 4. The number of hydrogen-bond donors (Lipinski definition) is 8. The van der Waals surface area contributed by atoms with Gasteiger partial charge in [0.25, 0.3) is 0 Å². The Balaban J connectivity index is 2.07. The summed E-state index contributed by atoms with van der Waals surface area (Å²) in [7, 11) is 0. The van der Waals surface area contributed by atoms with Crippen molar-refractivity contribution in [2.45, 2.75) is 59.7 Å². The molecule has 136 valence electrons. The highest BCUT2D eigenvalue weighted by Gasteiger charge is 2.49. The fourth-order valence-corrected chi connectivity index (χ4v) is 3.81. The van der Waals surface area contributed by atoms with Crippen molar-refractivity contribution in [3.8, 4) is 0 Å². The van der Waals surface area contributed by atoms with E-state index in [0.717, 1.165) is 0 Å². The third-order valence-corrected chi connectivity index (χ3v) is 5.28. The topological polar surface area (TPSA) is 180 Å². The fourth-order valence-electron chi connectivity index (χ4n) is 2.49. The lowest BCUT2D eigenvalue weighted by molar-refractivity contribution is -0.214. The van der Waals surface area contributed by atoms with E-state index in [9.17, 15) is 30.6 Å². The number of hydrogen-bond acceptors (Lipinski definition) is 11. The molecule has 4 unspecified atom stereocenters. The Kier molecular flexibility index (Phi) is 6.61. The van der Waals surface area contributed by atoms with Gasteiger partial charge in [-0.3, -0.25) is 0 Å². The Bertz CT molecular complexity index is 349. The molecule has 0 saturated carbocycles. The van der Waals surface area contributed by atoms with Crippen molar-refractivity contribution in [2.24, 2.45) is 0 Å². The molecule has 2 aliphatic heterocycles. The van der Waals surface area contributed by atoms with E-state index in [4.69, 9.17) is 19.7 Å². The minimum Gasteiger partial charge on any atom is -0.394 e. The standard InChI is InChI=1S/C12H22O10S/c13-1-3-5(15)7(17)9(19)11(21-3)23-12-10(20)8(18)6(16)4(2-14)22-12/h3-20H,1-2H2/t3?,4?,5-,6+,7-,8?,9?,10+,11-,12+/m0/s1. The third kappa shape index (κ3) is 3.80. The lowest BCUT2D eigenvalue weighted by atomic mass is 10.0. The summed E-state index contributed by atoms with van der Waals surface area (Å²) in [5.74, 6) is 0. The smallest absolute Gasteiger partial charge is 0.134 e. The molecule has 2 rings (SSSR count). The fraction of sp³-hybridized carbons (Fsp3) is 1.00. The number of aliphatic hydroxyl groups excluding tert-OH is 8. The normalized spacial score (nSPS) is 51.7. The molecule has 2 aliphatic rings. The molecule has 2 saturated heterocycles. The van der Waals surface area contributed by atoms with Crippen LogP contribution in [0.25, 0.3) is 0 Å². The van der Waals surface area contributed by atoms with Crippen molar-refractivity contribution in [3.05, 3.63) is 0 Å². The van der Waals surface area contributed by atoms with Gasteiger partial charge in [-0.15, -0.1) is 0 Å². The highest BCUT2D eigenvalue weighted by Crippen LogP contribution is 2.36. The molecule has 0 spiro atoms. The predicted molar refractivity (Wildman–Crippen MR) is 75.1 cm³/mol. The van der Waals surface area contributed by atoms with Crippen LogP contribution in [0.2, 0.25) is 0 Å². The number of aliphatic hydroxyl groups is 8. The molecule has 0 aromatic carbocycles. The molecule has 11 heteroatoms. The highest BCUT2D eigenvalue weighted by atomic mass is 32.2. The molecular formula is C12H22O10S. The first kappa shape index (κ1) is 19.3. The molecule has 23 heavy (non-hydrogen) atoms. The summed E-state index contributed by atoms with van der Waals surface area (Å²) in [6, 6.07) is 0. The molecular weight excluding hydrogens is 336 g/mol. The van der Waals surface area contributed by atoms with Crippen molar-refractivity contribution in [1.82, 2.24) is 0 Å². The molecule has 2 heterocycles. The first-order valence-corrected chi connectivity index (χ1v) is 8.02. The molecule has 0 aliphatic carbocycles. The average Bonchev–Trinajstić information content (AvgIpc) is 2.55. The molecule has 0 amide bonds. The van der Waals surface area contributed by atoms with Crippen LogP contribution < -0.4 is 0 Å². The van der Waals surface area contributed by atoms with Gasteiger partial charge >= 0.3 is 0 Å². The van der Waals surface area contributed by atoms with Crippen LogP contribution in [-0.2, 0) is 9.47 Å². The minimum atomic E-state index is -1.58. The van der Waals surface area contributed by atoms with E-state index >= 15 is 0 Å². The van der Waals surface area contributed by atoms with Crippen LogP contribution >= 0.6 is 11.8 Å². The van der Waals surface area contributed by atoms with Crippen LogP contribution in [0.4, 0.5) is 0 Å². The zero-order chi connectivity index (χ0) is 17.3. The second-order valence-electron chi connectivity index (χ2n) is 5.53. The van der Waals surface area contributed by atoms with Gasteiger partial charge in [-0.2, -0.15) is 0 Å². The molecule has 0 aromatic rings. The van der Waals surface area contributed by atoms with Gasteiger partial charge in [-0.25, -0.2) is 0 Å². The van der Waals surface area contributed by atoms with E-state index in [1.807, 2.05) is 0 Å². The van der Waals surface area contributed by atoms with Crippen molar-refractivity contribution >= 4 is 11.8 Å². The predicted octanol–water partition coefficient (Wildman–Crippen LogP) is -4.68. The molecule has 10 nitrogen and oxygen atoms in total. The Morgan fingerprint density at radius 2 is 0.913 bits per heavy atom. The summed E-state index contributed by atoms with van der Waals surface area (Å²) in [5, 5.41) is 77.0. The Hall–Kier alpha value is -0.0500. The average molecular weight is 358 g/mol. The molecule has 0 bridgehead atoms. The SMILES string of the molecule is OCC1O[C@H](S[C@@H]2OC(CO)[C@H](O)[C@H](O)C2O)[C@H](O)C(O)[C@@H]1O. The third-order valence-electron chi connectivity index (χ3n) is 3.97. The first-order chi connectivity index (χ1) is 10.8. The maximum Gasteiger partial charge on any atom is 0.134 e. The zero-order valence-corrected chi connectivity index (χ0v) is 12.8. The lowest BCUT2D eigenvalue weighted by Gasteiger charge is -2.44. The molecule has 8 N–H and O–H groups in total. The van der Waals surface area contributed by atoms with Crippen molar-refractivity contribution in [2.75, 3.05) is 13.2 Å². The van der Waals surface area contributed by atoms with Gasteiger partial charge in [0, 0.05) is 0 Å². The van der Waals surface area contributed by atoms with Crippen LogP contribution in [0.15, 0.2) is 0 Å². The largest absolute Gasteiger partial charge is 0.394 e. The zero-order valence-electron chi connectivity index (χ0n) is 12.0. The summed E-state index contributed by atoms with van der Waals surface area (Å²) in [4.78, 5) is 0. The van der Waals surface area contributed by atoms with Crippen LogP contribution in [0, 0.1) is 0 Å². The van der Waals surface area contributed by atoms with Crippen LogP contribution in [-0.4, -0.2) is 114 Å². The number of ether oxygens (including phenoxy) is 2. The van der Waals surface area contributed by atoms with Crippen molar-refractivity contribution in [3.63, 3.8) is 0 Å². The van der Waals surface area contributed by atoms with E-state index in [0.29, 0.717) is 11.8 Å². The summed E-state index contributed by atoms with van der Waals surface area (Å²) >= 11 is 0.699. The van der Waals surface area contributed by atoms with Gasteiger partial charge in [0.2, 0.25) is 0 Å². The van der Waals surface area contributed by atoms with Crippen molar-refractivity contribution < 1.29 is 50.3 Å². The van der Waals surface area contributed by atoms with E-state index < -0.39 is 72.9 Å². The maximum absolute atomic E-state index is 9.94. The first-order valence-electron chi connectivity index (χ1n) is 7.08. The van der Waals surface area contributed by atoms with Crippen molar-refractivity contribution in [1.29, 1.82) is 0 Å². The van der Waals surface area contributed by atoms with Crippen LogP contribution in [0.3, 0.4) is 0 Å². The molecule has 0 aromatic heterocycles. The second kappa shape index (κ2) is 7.89. The lowest BCUT2D eigenvalue weighted by Crippen LogP contribution is -2.60. The quantitative estimate of drug-likeness (QED) is 0.242. The van der Waals surface area contributed by atoms with Gasteiger partial charge < -0.3 is 50.3 Å². The Morgan fingerprint density at radius 1 is 0.565 bits per heavy atom. The second-order valence-corrected chi connectivity index (χ2v) is 6.73. The molecule has 10 atom stereocenters. The monoisotopic (exact) mass is 358 g/mol. The number of thioether (sulfide) groups is 1. The summed E-state index contributed by atoms with van der Waals surface area (Å²) in [6.07, 6.45) is -11.5. The van der Waals surface area contributed by atoms with Gasteiger partial charge in [-0.1, -0.05) is 11.8 Å². The molecule has 0 radical (unpaired) electrons. The minimum absolute atomic E-state index is 0.601. The van der Waals surface area contributed by atoms with Crippen LogP contribution in [0.5, 0.6) is 0 Å². The van der Waals surface area contributed by atoms with Gasteiger partial charge in [-0.05, 0) is 0 Å². The summed E-state index contributed by atoms with van der Waals surface area (Å²) in [5.41, 5.74) is -2.35. The maximum atomic E-state index is 9.94. The Morgan fingerprint density at radius 3 is 1.22 bits per heavy atom. The van der Waals surface area contributed by atoms with Crippen LogP contribution in [0.1, 0.15) is 0 Å².